The van der Waals surface area contributed by atoms with Gasteiger partial charge in [0.15, 0.2) is 0 Å². The van der Waals surface area contributed by atoms with Gasteiger partial charge < -0.3 is 15.2 Å². The molecule has 0 aliphatic carbocycles. The smallest absolute Gasteiger partial charge is 0.307 e. The number of aliphatic hydroxyl groups excluding tert-OH is 1. The molecule has 1 aromatic carbocycles. The molecule has 0 unspecified atom stereocenters. The van der Waals surface area contributed by atoms with Crippen molar-refractivity contribution in [3.05, 3.63) is 41.1 Å². The van der Waals surface area contributed by atoms with E-state index in [-0.39, 0.29) is 13.0 Å². The summed E-state index contributed by atoms with van der Waals surface area (Å²) < 4.78 is 0. The maximum absolute atomic E-state index is 11.0. The predicted molar refractivity (Wildman–Crippen MR) is 84.4 cm³/mol. The zero-order chi connectivity index (χ0) is 15.4. The Balaban J connectivity index is 2.66. The lowest BCUT2D eigenvalue weighted by molar-refractivity contribution is -0.135. The van der Waals surface area contributed by atoms with Gasteiger partial charge in [0, 0.05) is 23.2 Å². The number of aliphatic hydroxyl groups is 1. The van der Waals surface area contributed by atoms with E-state index >= 15 is 0 Å². The second kappa shape index (κ2) is 6.59. The van der Waals surface area contributed by atoms with E-state index in [2.05, 4.69) is 18.0 Å². The van der Waals surface area contributed by atoms with Crippen LogP contribution in [0.3, 0.4) is 0 Å². The van der Waals surface area contributed by atoms with Gasteiger partial charge in [0.05, 0.1) is 6.42 Å². The molecule has 0 saturated heterocycles. The van der Waals surface area contributed by atoms with Crippen molar-refractivity contribution in [3.8, 4) is 0 Å². The molecule has 1 heterocycles. The van der Waals surface area contributed by atoms with Crippen LogP contribution < -0.4 is 0 Å². The average molecular weight is 287 g/mol. The molecule has 2 aromatic rings. The first-order valence-corrected chi connectivity index (χ1v) is 7.23. The van der Waals surface area contributed by atoms with Crippen LogP contribution >= 0.6 is 0 Å². The second-order valence-electron chi connectivity index (χ2n) is 5.03. The topological polar surface area (TPSA) is 73.3 Å². The third-order valence-corrected chi connectivity index (χ3v) is 3.78. The molecule has 1 aromatic heterocycles. The van der Waals surface area contributed by atoms with Crippen LogP contribution in [0.5, 0.6) is 0 Å². The van der Waals surface area contributed by atoms with Gasteiger partial charge in [-0.15, -0.1) is 0 Å². The molecule has 3 N–H and O–H groups in total. The van der Waals surface area contributed by atoms with Crippen LogP contribution in [0.15, 0.2) is 24.3 Å². The van der Waals surface area contributed by atoms with Gasteiger partial charge >= 0.3 is 5.97 Å². The van der Waals surface area contributed by atoms with Crippen LogP contribution in [0.4, 0.5) is 0 Å². The summed E-state index contributed by atoms with van der Waals surface area (Å²) in [7, 11) is 0. The van der Waals surface area contributed by atoms with Crippen LogP contribution in [0, 0.1) is 0 Å². The molecule has 112 valence electrons. The maximum Gasteiger partial charge on any atom is 0.307 e. The van der Waals surface area contributed by atoms with Crippen molar-refractivity contribution in [2.24, 2.45) is 0 Å². The molecule has 0 atom stereocenters. The number of hydrogen-bond acceptors (Lipinski definition) is 2. The molecule has 4 heteroatoms. The van der Waals surface area contributed by atoms with E-state index in [9.17, 15) is 9.90 Å². The number of aromatic amines is 1. The largest absolute Gasteiger partial charge is 0.481 e. The number of H-pyrrole nitrogens is 1. The predicted octanol–water partition coefficient (Wildman–Crippen LogP) is 3.14. The van der Waals surface area contributed by atoms with Crippen LogP contribution in [0.1, 0.15) is 37.1 Å². The molecule has 0 bridgehead atoms. The third kappa shape index (κ3) is 3.00. The Kier molecular flexibility index (Phi) is 4.81. The minimum Gasteiger partial charge on any atom is -0.481 e. The van der Waals surface area contributed by atoms with Crippen molar-refractivity contribution in [1.29, 1.82) is 0 Å². The lowest BCUT2D eigenvalue weighted by Gasteiger charge is -2.06. The lowest BCUT2D eigenvalue weighted by atomic mass is 10.00. The van der Waals surface area contributed by atoms with E-state index in [0.717, 1.165) is 34.2 Å². The van der Waals surface area contributed by atoms with Gasteiger partial charge in [-0.3, -0.25) is 4.79 Å². The van der Waals surface area contributed by atoms with Crippen molar-refractivity contribution in [1.82, 2.24) is 4.98 Å². The Morgan fingerprint density at radius 3 is 2.71 bits per heavy atom. The summed E-state index contributed by atoms with van der Waals surface area (Å²) in [5.74, 6) is -0.854. The average Bonchev–Trinajstić information content (AvgIpc) is 2.83. The van der Waals surface area contributed by atoms with Crippen LogP contribution in [0.2, 0.25) is 0 Å². The van der Waals surface area contributed by atoms with E-state index in [1.54, 1.807) is 0 Å². The van der Waals surface area contributed by atoms with Gasteiger partial charge in [-0.2, -0.15) is 0 Å². The van der Waals surface area contributed by atoms with E-state index in [1.165, 1.54) is 5.56 Å². The van der Waals surface area contributed by atoms with Gasteiger partial charge in [-0.1, -0.05) is 31.2 Å². The molecule has 2 rings (SSSR count). The number of aliphatic carboxylic acids is 1. The summed E-state index contributed by atoms with van der Waals surface area (Å²) >= 11 is 0. The highest BCUT2D eigenvalue weighted by Crippen LogP contribution is 2.31. The number of nitrogens with one attached hydrogen (secondary N) is 1. The van der Waals surface area contributed by atoms with Crippen molar-refractivity contribution in [2.45, 2.75) is 33.1 Å². The fraction of sp³-hybridized carbons (Fsp3) is 0.353. The molecular formula is C17H21NO3. The SMILES string of the molecule is C/C=C(\CC(=O)O)c1[nH]c2c(CC)cccc2c1CCO. The number of allylic oxidation sites excluding steroid dienone is 1. The summed E-state index contributed by atoms with van der Waals surface area (Å²) in [4.78, 5) is 14.4. The Bertz CT molecular complexity index is 683. The molecule has 21 heavy (non-hydrogen) atoms. The highest BCUT2D eigenvalue weighted by molar-refractivity contribution is 5.94. The molecule has 0 amide bonds. The number of hydrogen-bond donors (Lipinski definition) is 3. The Hall–Kier alpha value is -2.07. The van der Waals surface area contributed by atoms with Crippen molar-refractivity contribution >= 4 is 22.4 Å². The number of carboxylic acids is 1. The van der Waals surface area contributed by atoms with Gasteiger partial charge in [-0.25, -0.2) is 0 Å². The zero-order valence-electron chi connectivity index (χ0n) is 12.4. The summed E-state index contributed by atoms with van der Waals surface area (Å²) in [6.45, 7) is 3.97. The summed E-state index contributed by atoms with van der Waals surface area (Å²) in [5, 5.41) is 19.5. The minimum atomic E-state index is -0.854. The third-order valence-electron chi connectivity index (χ3n) is 3.78. The number of rotatable bonds is 6. The van der Waals surface area contributed by atoms with Crippen LogP contribution in [0.25, 0.3) is 16.5 Å². The number of fused-ring (bicyclic) bond motifs is 1. The van der Waals surface area contributed by atoms with Crippen LogP contribution in [-0.4, -0.2) is 27.8 Å². The Morgan fingerprint density at radius 2 is 2.14 bits per heavy atom. The second-order valence-corrected chi connectivity index (χ2v) is 5.03. The number of aryl methyl sites for hydroxylation is 1. The number of carbonyl (C=O) groups is 1. The van der Waals surface area contributed by atoms with E-state index in [0.29, 0.717) is 6.42 Å². The summed E-state index contributed by atoms with van der Waals surface area (Å²) in [5.41, 5.74) is 4.83. The molecule has 0 aliphatic rings. The number of aromatic nitrogens is 1. The van der Waals surface area contributed by atoms with Crippen molar-refractivity contribution in [3.63, 3.8) is 0 Å². The molecule has 0 saturated carbocycles. The lowest BCUT2D eigenvalue weighted by Crippen LogP contribution is -2.01. The van der Waals surface area contributed by atoms with Gasteiger partial charge in [0.2, 0.25) is 0 Å². The fourth-order valence-electron chi connectivity index (χ4n) is 2.77. The van der Waals surface area contributed by atoms with Gasteiger partial charge in [-0.05, 0) is 36.5 Å². The summed E-state index contributed by atoms with van der Waals surface area (Å²) in [6.07, 6.45) is 3.22. The van der Waals surface area contributed by atoms with E-state index < -0.39 is 5.97 Å². The molecule has 0 fully saturated rings. The maximum atomic E-state index is 11.0. The Labute approximate surface area is 124 Å². The van der Waals surface area contributed by atoms with E-state index in [4.69, 9.17) is 5.11 Å². The molecule has 0 aliphatic heterocycles. The first-order chi connectivity index (χ1) is 10.1. The quantitative estimate of drug-likeness (QED) is 0.764. The zero-order valence-corrected chi connectivity index (χ0v) is 12.4. The number of carboxylic acid groups (broad SMARTS) is 1. The Morgan fingerprint density at radius 1 is 1.38 bits per heavy atom. The van der Waals surface area contributed by atoms with Gasteiger partial charge in [0.25, 0.3) is 0 Å². The van der Waals surface area contributed by atoms with Crippen LogP contribution in [-0.2, 0) is 17.6 Å². The fourth-order valence-corrected chi connectivity index (χ4v) is 2.77. The summed E-state index contributed by atoms with van der Waals surface area (Å²) in [6, 6.07) is 6.09. The van der Waals surface area contributed by atoms with Gasteiger partial charge in [0.1, 0.15) is 0 Å². The first-order valence-electron chi connectivity index (χ1n) is 7.23. The van der Waals surface area contributed by atoms with E-state index in [1.807, 2.05) is 25.1 Å². The highest BCUT2D eigenvalue weighted by Gasteiger charge is 2.17. The molecular weight excluding hydrogens is 266 g/mol. The molecule has 4 nitrogen and oxygen atoms in total. The molecule has 0 radical (unpaired) electrons. The monoisotopic (exact) mass is 287 g/mol. The number of benzene rings is 1. The molecule has 0 spiro atoms. The van der Waals surface area contributed by atoms with Crippen molar-refractivity contribution < 1.29 is 15.0 Å². The minimum absolute atomic E-state index is 0.0246. The van der Waals surface area contributed by atoms with Crippen molar-refractivity contribution in [2.75, 3.05) is 6.61 Å². The number of para-hydroxylation sites is 1. The standard InChI is InChI=1S/C17H21NO3/c1-3-11-6-5-7-13-14(8-9-19)17(18-16(11)13)12(4-2)10-15(20)21/h4-7,18-19H,3,8-10H2,1-2H3,(H,20,21)/b12-4+. The highest BCUT2D eigenvalue weighted by atomic mass is 16.4. The first kappa shape index (κ1) is 15.3. The normalized spacial score (nSPS) is 12.0.